The van der Waals surface area contributed by atoms with Crippen molar-refractivity contribution in [3.05, 3.63) is 12.7 Å². The van der Waals surface area contributed by atoms with Crippen molar-refractivity contribution in [3.63, 3.8) is 0 Å². The third-order valence-corrected chi connectivity index (χ3v) is 2.35. The Labute approximate surface area is 81.3 Å². The second kappa shape index (κ2) is 6.60. The predicted octanol–water partition coefficient (Wildman–Crippen LogP) is 0.960. The van der Waals surface area contributed by atoms with E-state index in [2.05, 4.69) is 44.8 Å². The van der Waals surface area contributed by atoms with Crippen LogP contribution in [0.3, 0.4) is 0 Å². The van der Waals surface area contributed by atoms with Crippen molar-refractivity contribution in [3.8, 4) is 0 Å². The Bertz CT molecular complexity index is 138. The van der Waals surface area contributed by atoms with Crippen molar-refractivity contribution in [2.75, 3.05) is 19.6 Å². The molecular weight excluding hydrogens is 255 g/mol. The number of amides is 1. The monoisotopic (exact) mass is 268 g/mol. The molecule has 0 fully saturated rings. The summed E-state index contributed by atoms with van der Waals surface area (Å²) in [5, 5.41) is 2.69. The van der Waals surface area contributed by atoms with Gasteiger partial charge in [0.05, 0.1) is 0 Å². The molecule has 0 aromatic heterocycles. The van der Waals surface area contributed by atoms with E-state index in [-0.39, 0.29) is 5.91 Å². The molecule has 0 saturated carbocycles. The molecule has 0 aliphatic carbocycles. The summed E-state index contributed by atoms with van der Waals surface area (Å²) in [5.41, 5.74) is 0. The second-order valence-electron chi connectivity index (χ2n) is 2.00. The van der Waals surface area contributed by atoms with Crippen LogP contribution in [0.1, 0.15) is 6.92 Å². The van der Waals surface area contributed by atoms with Crippen LogP contribution in [0.4, 0.5) is 0 Å². The molecule has 4 heteroatoms. The molecule has 0 rings (SSSR count). The predicted molar refractivity (Wildman–Crippen MR) is 54.5 cm³/mol. The molecule has 11 heavy (non-hydrogen) atoms. The van der Waals surface area contributed by atoms with Gasteiger partial charge in [-0.25, -0.2) is 3.11 Å². The maximum Gasteiger partial charge on any atom is 0.243 e. The molecule has 0 heterocycles. The molecule has 0 bridgehead atoms. The minimum absolute atomic E-state index is 0.106. The van der Waals surface area contributed by atoms with Gasteiger partial charge in [0.1, 0.15) is 0 Å². The van der Waals surface area contributed by atoms with Crippen LogP contribution >= 0.6 is 22.9 Å². The van der Waals surface area contributed by atoms with Crippen molar-refractivity contribution >= 4 is 28.8 Å². The summed E-state index contributed by atoms with van der Waals surface area (Å²) in [6, 6.07) is 0. The zero-order chi connectivity index (χ0) is 8.69. The molecule has 0 atom stereocenters. The topological polar surface area (TPSA) is 32.3 Å². The number of nitrogens with zero attached hydrogens (tertiary/aromatic N) is 1. The molecule has 0 aliphatic rings. The van der Waals surface area contributed by atoms with E-state index in [1.807, 2.05) is 0 Å². The van der Waals surface area contributed by atoms with E-state index in [1.54, 1.807) is 0 Å². The molecule has 3 nitrogen and oxygen atoms in total. The van der Waals surface area contributed by atoms with E-state index in [4.69, 9.17) is 0 Å². The van der Waals surface area contributed by atoms with E-state index >= 15 is 0 Å². The fourth-order valence-corrected chi connectivity index (χ4v) is 0.772. The zero-order valence-corrected chi connectivity index (χ0v) is 8.80. The maximum atomic E-state index is 10.6. The number of hydrogen-bond donors (Lipinski definition) is 1. The van der Waals surface area contributed by atoms with Gasteiger partial charge in [-0.1, -0.05) is 13.5 Å². The van der Waals surface area contributed by atoms with Crippen molar-refractivity contribution in [2.45, 2.75) is 6.92 Å². The summed E-state index contributed by atoms with van der Waals surface area (Å²) in [7, 11) is 0. The maximum absolute atomic E-state index is 10.6. The first-order valence-electron chi connectivity index (χ1n) is 3.51. The third-order valence-electron chi connectivity index (χ3n) is 1.18. The van der Waals surface area contributed by atoms with Gasteiger partial charge in [-0.3, -0.25) is 4.79 Å². The summed E-state index contributed by atoms with van der Waals surface area (Å²) in [6.45, 7) is 7.97. The SMILES string of the molecule is C=CC(=O)NCCN(I)CC. The van der Waals surface area contributed by atoms with Crippen LogP contribution in [0, 0.1) is 0 Å². The van der Waals surface area contributed by atoms with E-state index in [0.29, 0.717) is 6.54 Å². The Morgan fingerprint density at radius 2 is 2.45 bits per heavy atom. The minimum atomic E-state index is -0.106. The summed E-state index contributed by atoms with van der Waals surface area (Å²) in [6.07, 6.45) is 1.28. The van der Waals surface area contributed by atoms with Gasteiger partial charge in [0, 0.05) is 42.5 Å². The molecule has 0 aliphatic heterocycles. The first-order chi connectivity index (χ1) is 5.20. The fraction of sp³-hybridized carbons (Fsp3) is 0.571. The largest absolute Gasteiger partial charge is 0.351 e. The van der Waals surface area contributed by atoms with Crippen molar-refractivity contribution in [2.24, 2.45) is 0 Å². The van der Waals surface area contributed by atoms with Crippen LogP contribution in [0.5, 0.6) is 0 Å². The number of hydrogen-bond acceptors (Lipinski definition) is 2. The van der Waals surface area contributed by atoms with E-state index in [9.17, 15) is 4.79 Å². The lowest BCUT2D eigenvalue weighted by atomic mass is 10.5. The number of nitrogens with one attached hydrogen (secondary N) is 1. The molecule has 64 valence electrons. The van der Waals surface area contributed by atoms with Gasteiger partial charge in [-0.05, 0) is 6.08 Å². The zero-order valence-electron chi connectivity index (χ0n) is 6.64. The first kappa shape index (κ1) is 10.9. The Kier molecular flexibility index (Phi) is 6.54. The highest BCUT2D eigenvalue weighted by Gasteiger charge is 1.96. The van der Waals surface area contributed by atoms with Gasteiger partial charge in [0.15, 0.2) is 0 Å². The number of rotatable bonds is 5. The van der Waals surface area contributed by atoms with Gasteiger partial charge < -0.3 is 5.32 Å². The number of likely N-dealkylation sites (N-methyl/N-ethyl adjacent to an activating group) is 1. The number of carbonyl (C=O) groups is 1. The molecule has 0 aromatic rings. The van der Waals surface area contributed by atoms with Crippen molar-refractivity contribution in [1.82, 2.24) is 8.43 Å². The standard InChI is InChI=1S/C7H13IN2O/c1-3-7(11)9-5-6-10(8)4-2/h3H,1,4-6H2,2H3,(H,9,11). The van der Waals surface area contributed by atoms with E-state index in [0.717, 1.165) is 13.1 Å². The Morgan fingerprint density at radius 1 is 1.82 bits per heavy atom. The molecule has 1 N–H and O–H groups in total. The average molecular weight is 268 g/mol. The van der Waals surface area contributed by atoms with E-state index in [1.165, 1.54) is 6.08 Å². The van der Waals surface area contributed by atoms with Crippen LogP contribution in [-0.4, -0.2) is 28.7 Å². The quantitative estimate of drug-likeness (QED) is 0.457. The first-order valence-corrected chi connectivity index (χ1v) is 4.48. The van der Waals surface area contributed by atoms with Crippen LogP contribution in [0.2, 0.25) is 0 Å². The van der Waals surface area contributed by atoms with Gasteiger partial charge in [0.2, 0.25) is 5.91 Å². The fourth-order valence-electron chi connectivity index (χ4n) is 0.531. The smallest absolute Gasteiger partial charge is 0.243 e. The van der Waals surface area contributed by atoms with Crippen molar-refractivity contribution in [1.29, 1.82) is 0 Å². The van der Waals surface area contributed by atoms with Gasteiger partial charge in [0.25, 0.3) is 0 Å². The van der Waals surface area contributed by atoms with Gasteiger partial charge >= 0.3 is 0 Å². The lowest BCUT2D eigenvalue weighted by molar-refractivity contribution is -0.116. The molecule has 0 aromatic carbocycles. The van der Waals surface area contributed by atoms with Crippen LogP contribution < -0.4 is 5.32 Å². The number of halogens is 1. The summed E-state index contributed by atoms with van der Waals surface area (Å²) >= 11 is 2.22. The molecule has 0 saturated heterocycles. The second-order valence-corrected chi connectivity index (χ2v) is 3.36. The lowest BCUT2D eigenvalue weighted by Crippen LogP contribution is -2.29. The summed E-state index contributed by atoms with van der Waals surface area (Å²) in [5.74, 6) is -0.106. The highest BCUT2D eigenvalue weighted by atomic mass is 127. The Hall–Kier alpha value is -0.100. The molecule has 1 amide bonds. The average Bonchev–Trinajstić information content (AvgIpc) is 2.04. The van der Waals surface area contributed by atoms with Gasteiger partial charge in [-0.15, -0.1) is 0 Å². The van der Waals surface area contributed by atoms with E-state index < -0.39 is 0 Å². The lowest BCUT2D eigenvalue weighted by Gasteiger charge is -2.10. The van der Waals surface area contributed by atoms with Gasteiger partial charge in [-0.2, -0.15) is 0 Å². The normalized spacial score (nSPS) is 9.73. The molecule has 0 unspecified atom stereocenters. The molecule has 0 spiro atoms. The summed E-state index contributed by atoms with van der Waals surface area (Å²) in [4.78, 5) is 10.6. The van der Waals surface area contributed by atoms with Crippen molar-refractivity contribution < 1.29 is 4.79 Å². The summed E-state index contributed by atoms with van der Waals surface area (Å²) < 4.78 is 2.10. The van der Waals surface area contributed by atoms with Crippen LogP contribution in [0.15, 0.2) is 12.7 Å². The van der Waals surface area contributed by atoms with Crippen LogP contribution in [0.25, 0.3) is 0 Å². The number of carbonyl (C=O) groups excluding carboxylic acids is 1. The highest BCUT2D eigenvalue weighted by Crippen LogP contribution is 1.94. The minimum Gasteiger partial charge on any atom is -0.351 e. The third kappa shape index (κ3) is 6.30. The van der Waals surface area contributed by atoms with Crippen LogP contribution in [-0.2, 0) is 4.79 Å². The highest BCUT2D eigenvalue weighted by molar-refractivity contribution is 14.1. The molecule has 0 radical (unpaired) electrons. The molecular formula is C7H13IN2O. The Balaban J connectivity index is 3.26. The Morgan fingerprint density at radius 3 is 2.91 bits per heavy atom.